The van der Waals surface area contributed by atoms with E-state index in [0.717, 1.165) is 10.5 Å². The molecule has 0 aliphatic carbocycles. The van der Waals surface area contributed by atoms with Crippen molar-refractivity contribution in [3.05, 3.63) is 48.0 Å². The summed E-state index contributed by atoms with van der Waals surface area (Å²) < 4.78 is 26.4. The second kappa shape index (κ2) is 3.70. The molecule has 0 spiro atoms. The first-order valence-corrected chi connectivity index (χ1v) is 4.91. The Morgan fingerprint density at radius 1 is 1.31 bits per heavy atom. The van der Waals surface area contributed by atoms with Gasteiger partial charge in [0.25, 0.3) is 5.91 Å². The molecule has 16 heavy (non-hydrogen) atoms. The van der Waals surface area contributed by atoms with Crippen LogP contribution in [0.1, 0.15) is 5.56 Å². The average Bonchev–Trinajstić information content (AvgIpc) is 2.45. The first kappa shape index (κ1) is 10.8. The first-order chi connectivity index (χ1) is 7.51. The van der Waals surface area contributed by atoms with Crippen molar-refractivity contribution in [1.82, 2.24) is 4.90 Å². The number of hydrogen-bond acceptors (Lipinski definition) is 1. The number of carbonyl (C=O) groups excluding carboxylic acids is 1. The van der Waals surface area contributed by atoms with Gasteiger partial charge < -0.3 is 4.90 Å². The number of halogens is 2. The highest BCUT2D eigenvalue weighted by Crippen LogP contribution is 2.33. The number of amides is 1. The molecule has 1 saturated heterocycles. The van der Waals surface area contributed by atoms with Gasteiger partial charge in [-0.3, -0.25) is 4.79 Å². The van der Waals surface area contributed by atoms with Gasteiger partial charge in [0.2, 0.25) is 0 Å². The molecular weight excluding hydrogens is 212 g/mol. The lowest BCUT2D eigenvalue weighted by atomic mass is 10.2. The molecule has 2 nitrogen and oxygen atoms in total. The van der Waals surface area contributed by atoms with Crippen molar-refractivity contribution in [3.63, 3.8) is 0 Å². The molecule has 0 radical (unpaired) electrons. The third kappa shape index (κ3) is 1.71. The second-order valence-electron chi connectivity index (χ2n) is 3.82. The quantitative estimate of drug-likeness (QED) is 0.704. The molecule has 1 heterocycles. The summed E-state index contributed by atoms with van der Waals surface area (Å²) in [5.41, 5.74) is 0.509. The number of benzene rings is 1. The van der Waals surface area contributed by atoms with E-state index in [1.807, 2.05) is 18.2 Å². The molecule has 0 atom stereocenters. The van der Waals surface area contributed by atoms with Crippen LogP contribution in [0.3, 0.4) is 0 Å². The van der Waals surface area contributed by atoms with Crippen LogP contribution in [-0.4, -0.2) is 23.3 Å². The zero-order chi connectivity index (χ0) is 11.8. The van der Waals surface area contributed by atoms with E-state index in [2.05, 4.69) is 6.58 Å². The molecule has 1 amide bonds. The van der Waals surface area contributed by atoms with Crippen LogP contribution in [0.2, 0.25) is 0 Å². The lowest BCUT2D eigenvalue weighted by Gasteiger charge is -2.15. The Hall–Kier alpha value is -1.71. The minimum atomic E-state index is -3.39. The summed E-state index contributed by atoms with van der Waals surface area (Å²) in [7, 11) is 0. The summed E-state index contributed by atoms with van der Waals surface area (Å²) in [5, 5.41) is 0. The molecule has 1 fully saturated rings. The lowest BCUT2D eigenvalue weighted by molar-refractivity contribution is -0.145. The van der Waals surface area contributed by atoms with Gasteiger partial charge in [-0.25, -0.2) is 0 Å². The minimum absolute atomic E-state index is 0.0687. The van der Waals surface area contributed by atoms with E-state index in [4.69, 9.17) is 0 Å². The molecule has 0 aromatic heterocycles. The predicted octanol–water partition coefficient (Wildman–Crippen LogP) is 2.22. The van der Waals surface area contributed by atoms with E-state index in [9.17, 15) is 13.6 Å². The molecule has 4 heteroatoms. The van der Waals surface area contributed by atoms with Crippen molar-refractivity contribution < 1.29 is 13.6 Å². The highest BCUT2D eigenvalue weighted by atomic mass is 19.3. The molecule has 0 saturated carbocycles. The maximum atomic E-state index is 13.2. The van der Waals surface area contributed by atoms with Gasteiger partial charge in [-0.15, -0.1) is 0 Å². The maximum Gasteiger partial charge on any atom is 0.347 e. The zero-order valence-electron chi connectivity index (χ0n) is 8.62. The Balaban J connectivity index is 2.14. The summed E-state index contributed by atoms with van der Waals surface area (Å²) in [6.07, 6.45) is 0. The minimum Gasteiger partial charge on any atom is -0.329 e. The Morgan fingerprint density at radius 3 is 2.44 bits per heavy atom. The molecular formula is C12H11F2NO. The van der Waals surface area contributed by atoms with Crippen LogP contribution >= 0.6 is 0 Å². The van der Waals surface area contributed by atoms with Gasteiger partial charge in [-0.2, -0.15) is 8.78 Å². The van der Waals surface area contributed by atoms with Gasteiger partial charge in [0.05, 0.1) is 0 Å². The molecule has 0 N–H and O–H groups in total. The zero-order valence-corrected chi connectivity index (χ0v) is 8.62. The van der Waals surface area contributed by atoms with Gasteiger partial charge >= 0.3 is 5.92 Å². The van der Waals surface area contributed by atoms with Crippen LogP contribution in [0, 0.1) is 0 Å². The van der Waals surface area contributed by atoms with Crippen molar-refractivity contribution >= 4 is 5.91 Å². The number of rotatable bonds is 2. The highest BCUT2D eigenvalue weighted by molar-refractivity contribution is 5.90. The van der Waals surface area contributed by atoms with E-state index in [1.54, 1.807) is 12.1 Å². The Morgan fingerprint density at radius 2 is 1.94 bits per heavy atom. The topological polar surface area (TPSA) is 20.3 Å². The largest absolute Gasteiger partial charge is 0.347 e. The van der Waals surface area contributed by atoms with Gasteiger partial charge in [0.1, 0.15) is 0 Å². The average molecular weight is 223 g/mol. The van der Waals surface area contributed by atoms with E-state index in [1.165, 1.54) is 0 Å². The first-order valence-electron chi connectivity index (χ1n) is 4.91. The van der Waals surface area contributed by atoms with Crippen LogP contribution in [0.5, 0.6) is 0 Å². The third-order valence-corrected chi connectivity index (χ3v) is 2.60. The fourth-order valence-corrected chi connectivity index (χ4v) is 1.68. The van der Waals surface area contributed by atoms with Crippen LogP contribution in [0.4, 0.5) is 8.78 Å². The Bertz CT molecular complexity index is 428. The van der Waals surface area contributed by atoms with Crippen molar-refractivity contribution in [2.24, 2.45) is 0 Å². The Kier molecular flexibility index (Phi) is 2.50. The van der Waals surface area contributed by atoms with Crippen molar-refractivity contribution in [2.75, 3.05) is 6.54 Å². The fraction of sp³-hybridized carbons (Fsp3) is 0.250. The van der Waals surface area contributed by atoms with Crippen LogP contribution < -0.4 is 0 Å². The molecule has 1 aromatic rings. The van der Waals surface area contributed by atoms with Gasteiger partial charge in [0, 0.05) is 18.7 Å². The number of hydrogen-bond donors (Lipinski definition) is 0. The fourth-order valence-electron chi connectivity index (χ4n) is 1.68. The van der Waals surface area contributed by atoms with Crippen molar-refractivity contribution in [3.8, 4) is 0 Å². The van der Waals surface area contributed by atoms with E-state index < -0.39 is 11.8 Å². The number of carbonyl (C=O) groups is 1. The normalized spacial score (nSPS) is 19.2. The number of likely N-dealkylation sites (tertiary alicyclic amines) is 1. The number of nitrogens with zero attached hydrogens (tertiary/aromatic N) is 1. The maximum absolute atomic E-state index is 13.2. The molecule has 1 aliphatic heterocycles. The van der Waals surface area contributed by atoms with Crippen LogP contribution in [0.15, 0.2) is 42.5 Å². The summed E-state index contributed by atoms with van der Waals surface area (Å²) >= 11 is 0. The third-order valence-electron chi connectivity index (χ3n) is 2.60. The molecule has 1 aromatic carbocycles. The van der Waals surface area contributed by atoms with Crippen molar-refractivity contribution in [1.29, 1.82) is 0 Å². The lowest BCUT2D eigenvalue weighted by Crippen LogP contribution is -2.33. The molecule has 84 valence electrons. The molecule has 0 bridgehead atoms. The van der Waals surface area contributed by atoms with Crippen LogP contribution in [-0.2, 0) is 11.3 Å². The van der Waals surface area contributed by atoms with Crippen LogP contribution in [0.25, 0.3) is 0 Å². The van der Waals surface area contributed by atoms with Gasteiger partial charge in [-0.1, -0.05) is 36.9 Å². The summed E-state index contributed by atoms with van der Waals surface area (Å²) in [4.78, 5) is 12.5. The number of alkyl halides is 2. The monoisotopic (exact) mass is 223 g/mol. The SMILES string of the molecule is C=C1CN(Cc2ccccc2)C(=O)C1(F)F. The predicted molar refractivity (Wildman–Crippen MR) is 55.9 cm³/mol. The van der Waals surface area contributed by atoms with Gasteiger partial charge in [0.15, 0.2) is 0 Å². The molecule has 0 unspecified atom stereocenters. The molecule has 2 rings (SSSR count). The van der Waals surface area contributed by atoms with E-state index in [-0.39, 0.29) is 18.7 Å². The summed E-state index contributed by atoms with van der Waals surface area (Å²) in [6.45, 7) is 3.37. The van der Waals surface area contributed by atoms with Gasteiger partial charge in [-0.05, 0) is 5.56 Å². The Labute approximate surface area is 92.2 Å². The standard InChI is InChI=1S/C12H11F2NO/c1-9-7-15(11(16)12(9,13)14)8-10-5-3-2-4-6-10/h2-6H,1,7-8H2. The second-order valence-corrected chi connectivity index (χ2v) is 3.82. The summed E-state index contributed by atoms with van der Waals surface area (Å²) in [6, 6.07) is 9.05. The smallest absolute Gasteiger partial charge is 0.329 e. The van der Waals surface area contributed by atoms with E-state index in [0.29, 0.717) is 0 Å². The summed E-state index contributed by atoms with van der Waals surface area (Å²) in [5.74, 6) is -4.55. The van der Waals surface area contributed by atoms with Crippen molar-refractivity contribution in [2.45, 2.75) is 12.5 Å². The van der Waals surface area contributed by atoms with E-state index >= 15 is 0 Å². The molecule has 1 aliphatic rings. The highest BCUT2D eigenvalue weighted by Gasteiger charge is 2.51.